The summed E-state index contributed by atoms with van der Waals surface area (Å²) in [7, 11) is 0. The summed E-state index contributed by atoms with van der Waals surface area (Å²) in [5.74, 6) is 1.50. The number of aryl methyl sites for hydroxylation is 2. The van der Waals surface area contributed by atoms with Gasteiger partial charge in [0.1, 0.15) is 0 Å². The van der Waals surface area contributed by atoms with Gasteiger partial charge in [-0.25, -0.2) is 9.97 Å². The van der Waals surface area contributed by atoms with Crippen molar-refractivity contribution in [2.45, 2.75) is 45.6 Å². The molecule has 0 aliphatic carbocycles. The number of nitrogens with one attached hydrogen (secondary N) is 1. The van der Waals surface area contributed by atoms with E-state index in [1.54, 1.807) is 0 Å². The predicted molar refractivity (Wildman–Crippen MR) is 117 cm³/mol. The van der Waals surface area contributed by atoms with Crippen molar-refractivity contribution in [1.82, 2.24) is 15.0 Å². The van der Waals surface area contributed by atoms with E-state index in [-0.39, 0.29) is 6.04 Å². The molecule has 0 spiro atoms. The number of halogens is 1. The molecule has 3 aromatic rings. The van der Waals surface area contributed by atoms with Gasteiger partial charge < -0.3 is 14.6 Å². The summed E-state index contributed by atoms with van der Waals surface area (Å²) in [5, 5.41) is 2.05. The van der Waals surface area contributed by atoms with Gasteiger partial charge in [0.05, 0.1) is 6.04 Å². The number of benzene rings is 1. The van der Waals surface area contributed by atoms with Crippen LogP contribution in [-0.4, -0.2) is 34.7 Å². The molecule has 0 amide bonds. The number of fused-ring (bicyclic) bond motifs is 3. The molecule has 0 radical (unpaired) electrons. The normalized spacial score (nSPS) is 20.2. The average molecular weight is 411 g/mol. The topological polar surface area (TPSA) is 54.0 Å². The standard InChI is InChI=1S/C23H27ClN4O/c1-14-11-15(2)26-23(25-14)28-8-5-18-19-13-17(24)3-4-20(19)27-22(18)21(28)12-16-6-9-29-10-7-16/h3-4,11,13,16,21,27H,5-10,12H2,1-2H3. The zero-order chi connectivity index (χ0) is 20.0. The molecule has 5 rings (SSSR count). The highest BCUT2D eigenvalue weighted by atomic mass is 35.5. The highest BCUT2D eigenvalue weighted by molar-refractivity contribution is 6.31. The first-order valence-electron chi connectivity index (χ1n) is 10.5. The summed E-state index contributed by atoms with van der Waals surface area (Å²) in [6.07, 6.45) is 4.31. The van der Waals surface area contributed by atoms with E-state index in [0.717, 1.165) is 67.8 Å². The van der Waals surface area contributed by atoms with Crippen molar-refractivity contribution >= 4 is 28.5 Å². The van der Waals surface area contributed by atoms with Crippen molar-refractivity contribution in [1.29, 1.82) is 0 Å². The Bertz CT molecular complexity index is 1020. The number of hydrogen-bond donors (Lipinski definition) is 1. The van der Waals surface area contributed by atoms with E-state index in [4.69, 9.17) is 26.3 Å². The van der Waals surface area contributed by atoms with Gasteiger partial charge in [-0.05, 0) is 75.3 Å². The highest BCUT2D eigenvalue weighted by Gasteiger charge is 2.34. The minimum Gasteiger partial charge on any atom is -0.381 e. The van der Waals surface area contributed by atoms with Crippen LogP contribution < -0.4 is 4.90 Å². The number of aromatic nitrogens is 3. The summed E-state index contributed by atoms with van der Waals surface area (Å²) in [5.41, 5.74) is 5.92. The molecule has 1 atom stereocenters. The smallest absolute Gasteiger partial charge is 0.226 e. The summed E-state index contributed by atoms with van der Waals surface area (Å²) in [6, 6.07) is 8.44. The third kappa shape index (κ3) is 3.62. The predicted octanol–water partition coefficient (Wildman–Crippen LogP) is 5.15. The summed E-state index contributed by atoms with van der Waals surface area (Å²) < 4.78 is 5.60. The molecule has 2 aliphatic heterocycles. The zero-order valence-corrected chi connectivity index (χ0v) is 17.8. The van der Waals surface area contributed by atoms with Gasteiger partial charge in [-0.1, -0.05) is 11.6 Å². The second-order valence-electron chi connectivity index (χ2n) is 8.41. The number of hydrogen-bond acceptors (Lipinski definition) is 4. The molecule has 0 saturated carbocycles. The van der Waals surface area contributed by atoms with Crippen LogP contribution in [-0.2, 0) is 11.2 Å². The Balaban J connectivity index is 1.59. The minimum atomic E-state index is 0.245. The molecule has 152 valence electrons. The molecule has 1 fully saturated rings. The molecule has 5 nitrogen and oxygen atoms in total. The number of rotatable bonds is 3. The molecule has 29 heavy (non-hydrogen) atoms. The second-order valence-corrected chi connectivity index (χ2v) is 8.84. The van der Waals surface area contributed by atoms with Crippen LogP contribution in [0.1, 0.15) is 47.9 Å². The Morgan fingerprint density at radius 1 is 1.14 bits per heavy atom. The fraction of sp³-hybridized carbons (Fsp3) is 0.478. The first-order chi connectivity index (χ1) is 14.1. The Morgan fingerprint density at radius 2 is 1.90 bits per heavy atom. The highest BCUT2D eigenvalue weighted by Crippen LogP contribution is 2.41. The van der Waals surface area contributed by atoms with Crippen LogP contribution in [0.2, 0.25) is 5.02 Å². The average Bonchev–Trinajstić information content (AvgIpc) is 3.06. The molecule has 1 saturated heterocycles. The lowest BCUT2D eigenvalue weighted by molar-refractivity contribution is 0.0612. The Hall–Kier alpha value is -2.11. The lowest BCUT2D eigenvalue weighted by atomic mass is 9.87. The minimum absolute atomic E-state index is 0.245. The molecular formula is C23H27ClN4O. The third-order valence-corrected chi connectivity index (χ3v) is 6.57. The molecule has 2 aliphatic rings. The van der Waals surface area contributed by atoms with Crippen LogP contribution in [0, 0.1) is 19.8 Å². The maximum Gasteiger partial charge on any atom is 0.226 e. The van der Waals surface area contributed by atoms with Gasteiger partial charge in [0.25, 0.3) is 0 Å². The maximum absolute atomic E-state index is 6.31. The molecule has 0 bridgehead atoms. The van der Waals surface area contributed by atoms with Crippen LogP contribution in [0.4, 0.5) is 5.95 Å². The van der Waals surface area contributed by atoms with E-state index in [0.29, 0.717) is 5.92 Å². The van der Waals surface area contributed by atoms with E-state index < -0.39 is 0 Å². The van der Waals surface area contributed by atoms with Crippen molar-refractivity contribution < 1.29 is 4.74 Å². The van der Waals surface area contributed by atoms with Crippen molar-refractivity contribution in [2.75, 3.05) is 24.7 Å². The van der Waals surface area contributed by atoms with Crippen LogP contribution in [0.15, 0.2) is 24.3 Å². The van der Waals surface area contributed by atoms with Crippen LogP contribution in [0.25, 0.3) is 10.9 Å². The van der Waals surface area contributed by atoms with Crippen LogP contribution in [0.5, 0.6) is 0 Å². The van der Waals surface area contributed by atoms with E-state index in [2.05, 4.69) is 22.0 Å². The lowest BCUT2D eigenvalue weighted by Crippen LogP contribution is -2.38. The number of aromatic amines is 1. The molecule has 4 heterocycles. The van der Waals surface area contributed by atoms with Crippen molar-refractivity contribution in [2.24, 2.45) is 5.92 Å². The van der Waals surface area contributed by atoms with E-state index in [9.17, 15) is 0 Å². The largest absolute Gasteiger partial charge is 0.381 e. The van der Waals surface area contributed by atoms with Crippen molar-refractivity contribution in [3.05, 3.63) is 51.9 Å². The molecule has 6 heteroatoms. The third-order valence-electron chi connectivity index (χ3n) is 6.34. The van der Waals surface area contributed by atoms with Gasteiger partial charge in [0.2, 0.25) is 5.95 Å². The summed E-state index contributed by atoms with van der Waals surface area (Å²) >= 11 is 6.31. The maximum atomic E-state index is 6.31. The SMILES string of the molecule is Cc1cc(C)nc(N2CCc3c([nH]c4ccc(Cl)cc34)C2CC2CCOCC2)n1. The fourth-order valence-electron chi connectivity index (χ4n) is 4.96. The lowest BCUT2D eigenvalue weighted by Gasteiger charge is -2.38. The monoisotopic (exact) mass is 410 g/mol. The van der Waals surface area contributed by atoms with Gasteiger partial charge in [0.15, 0.2) is 0 Å². The van der Waals surface area contributed by atoms with Crippen LogP contribution >= 0.6 is 11.6 Å². The van der Waals surface area contributed by atoms with Crippen molar-refractivity contribution in [3.63, 3.8) is 0 Å². The molecule has 1 unspecified atom stereocenters. The quantitative estimate of drug-likeness (QED) is 0.648. The van der Waals surface area contributed by atoms with Gasteiger partial charge in [-0.15, -0.1) is 0 Å². The number of H-pyrrole nitrogens is 1. The Kier molecular flexibility index (Phi) is 4.96. The van der Waals surface area contributed by atoms with Gasteiger partial charge in [-0.3, -0.25) is 0 Å². The van der Waals surface area contributed by atoms with Gasteiger partial charge in [-0.2, -0.15) is 0 Å². The second kappa shape index (κ2) is 7.62. The summed E-state index contributed by atoms with van der Waals surface area (Å²) in [6.45, 7) is 6.75. The first-order valence-corrected chi connectivity index (χ1v) is 10.9. The Labute approximate surface area is 176 Å². The Morgan fingerprint density at radius 3 is 2.66 bits per heavy atom. The van der Waals surface area contributed by atoms with E-state index >= 15 is 0 Å². The molecule has 1 N–H and O–H groups in total. The van der Waals surface area contributed by atoms with E-state index in [1.807, 2.05) is 26.0 Å². The molecule has 1 aromatic carbocycles. The number of anilines is 1. The summed E-state index contributed by atoms with van der Waals surface area (Å²) in [4.78, 5) is 15.7. The molecule has 2 aromatic heterocycles. The first kappa shape index (κ1) is 18.9. The van der Waals surface area contributed by atoms with Gasteiger partial charge in [0, 0.05) is 52.8 Å². The zero-order valence-electron chi connectivity index (χ0n) is 17.0. The molecular weight excluding hydrogens is 384 g/mol. The van der Waals surface area contributed by atoms with Gasteiger partial charge >= 0.3 is 0 Å². The fourth-order valence-corrected chi connectivity index (χ4v) is 5.13. The van der Waals surface area contributed by atoms with E-state index in [1.165, 1.54) is 22.2 Å². The van der Waals surface area contributed by atoms with Crippen molar-refractivity contribution in [3.8, 4) is 0 Å². The van der Waals surface area contributed by atoms with Crippen LogP contribution in [0.3, 0.4) is 0 Å². The number of ether oxygens (including phenoxy) is 1. The number of nitrogens with zero attached hydrogens (tertiary/aromatic N) is 3.